The van der Waals surface area contributed by atoms with Crippen LogP contribution in [0.2, 0.25) is 0 Å². The Bertz CT molecular complexity index is 273. The van der Waals surface area contributed by atoms with Crippen LogP contribution in [0, 0.1) is 6.92 Å². The zero-order valence-corrected chi connectivity index (χ0v) is 8.99. The minimum absolute atomic E-state index is 0.930. The highest BCUT2D eigenvalue weighted by Gasteiger charge is 2.05. The van der Waals surface area contributed by atoms with Crippen molar-refractivity contribution in [2.45, 2.75) is 12.8 Å². The van der Waals surface area contributed by atoms with Gasteiger partial charge in [0.25, 0.3) is 0 Å². The van der Waals surface area contributed by atoms with Gasteiger partial charge in [-0.2, -0.15) is 0 Å². The predicted octanol–water partition coefficient (Wildman–Crippen LogP) is 2.75. The first-order valence-electron chi connectivity index (χ1n) is 4.93. The zero-order chi connectivity index (χ0) is 10.4. The van der Waals surface area contributed by atoms with Crippen molar-refractivity contribution in [3.8, 4) is 5.75 Å². The number of anilines is 1. The Morgan fingerprint density at radius 3 is 2.71 bits per heavy atom. The second-order valence-corrected chi connectivity index (χ2v) is 3.30. The van der Waals surface area contributed by atoms with Gasteiger partial charge in [-0.1, -0.05) is 25.5 Å². The Labute approximate surface area is 86.5 Å². The first-order valence-corrected chi connectivity index (χ1v) is 4.93. The molecule has 0 saturated carbocycles. The largest absolute Gasteiger partial charge is 0.495 e. The van der Waals surface area contributed by atoms with E-state index < -0.39 is 0 Å². The number of hydrogen-bond donors (Lipinski definition) is 0. The Morgan fingerprint density at radius 2 is 2.07 bits per heavy atom. The fourth-order valence-corrected chi connectivity index (χ4v) is 1.41. The van der Waals surface area contributed by atoms with Gasteiger partial charge in [-0.15, -0.1) is 0 Å². The average Bonchev–Trinajstić information content (AvgIpc) is 2.25. The van der Waals surface area contributed by atoms with Gasteiger partial charge >= 0.3 is 0 Å². The van der Waals surface area contributed by atoms with Gasteiger partial charge in [0.05, 0.1) is 12.8 Å². The van der Waals surface area contributed by atoms with Crippen LogP contribution < -0.4 is 9.64 Å². The van der Waals surface area contributed by atoms with Gasteiger partial charge in [0.2, 0.25) is 0 Å². The number of ether oxygens (including phenoxy) is 1. The van der Waals surface area contributed by atoms with Crippen LogP contribution in [-0.4, -0.2) is 20.7 Å². The third kappa shape index (κ3) is 2.66. The van der Waals surface area contributed by atoms with Crippen LogP contribution in [0.15, 0.2) is 24.3 Å². The molecule has 1 radical (unpaired) electrons. The van der Waals surface area contributed by atoms with Crippen molar-refractivity contribution in [3.63, 3.8) is 0 Å². The lowest BCUT2D eigenvalue weighted by molar-refractivity contribution is 0.415. The van der Waals surface area contributed by atoms with Crippen molar-refractivity contribution in [1.82, 2.24) is 0 Å². The van der Waals surface area contributed by atoms with Crippen LogP contribution in [0.3, 0.4) is 0 Å². The smallest absolute Gasteiger partial charge is 0.142 e. The maximum absolute atomic E-state index is 5.29. The molecule has 77 valence electrons. The summed E-state index contributed by atoms with van der Waals surface area (Å²) in [7, 11) is 3.78. The number of methoxy groups -OCH3 is 1. The summed E-state index contributed by atoms with van der Waals surface area (Å²) in [5.41, 5.74) is 1.14. The number of unbranched alkanes of at least 4 members (excludes halogenated alkanes) is 1. The van der Waals surface area contributed by atoms with E-state index in [1.807, 2.05) is 18.2 Å². The lowest BCUT2D eigenvalue weighted by Crippen LogP contribution is -2.18. The fourth-order valence-electron chi connectivity index (χ4n) is 1.41. The van der Waals surface area contributed by atoms with E-state index in [2.05, 4.69) is 24.9 Å². The van der Waals surface area contributed by atoms with Crippen molar-refractivity contribution in [2.24, 2.45) is 0 Å². The van der Waals surface area contributed by atoms with Gasteiger partial charge in [0.1, 0.15) is 5.75 Å². The van der Waals surface area contributed by atoms with Crippen LogP contribution in [0.4, 0.5) is 5.69 Å². The molecule has 1 rings (SSSR count). The van der Waals surface area contributed by atoms with Crippen LogP contribution in [0.1, 0.15) is 12.8 Å². The lowest BCUT2D eigenvalue weighted by Gasteiger charge is -2.21. The van der Waals surface area contributed by atoms with Gasteiger partial charge in [0.15, 0.2) is 0 Å². The zero-order valence-electron chi connectivity index (χ0n) is 8.99. The normalized spacial score (nSPS) is 9.93. The molecule has 1 aromatic rings. The molecular formula is C12H18NO. The highest BCUT2D eigenvalue weighted by molar-refractivity contribution is 5.57. The minimum atomic E-state index is 0.930. The van der Waals surface area contributed by atoms with Gasteiger partial charge in [-0.3, -0.25) is 0 Å². The molecule has 0 aliphatic heterocycles. The molecule has 0 unspecified atom stereocenters. The predicted molar refractivity (Wildman–Crippen MR) is 60.9 cm³/mol. The quantitative estimate of drug-likeness (QED) is 0.711. The van der Waals surface area contributed by atoms with Crippen molar-refractivity contribution >= 4 is 5.69 Å². The van der Waals surface area contributed by atoms with E-state index in [9.17, 15) is 0 Å². The molecule has 0 heterocycles. The van der Waals surface area contributed by atoms with Gasteiger partial charge in [-0.25, -0.2) is 0 Å². The van der Waals surface area contributed by atoms with E-state index in [-0.39, 0.29) is 0 Å². The van der Waals surface area contributed by atoms with E-state index in [4.69, 9.17) is 4.74 Å². The molecule has 1 aromatic carbocycles. The Hall–Kier alpha value is -1.18. The van der Waals surface area contributed by atoms with Gasteiger partial charge < -0.3 is 9.64 Å². The first kappa shape index (κ1) is 10.9. The number of rotatable bonds is 5. The molecule has 0 amide bonds. The molecule has 0 saturated heterocycles. The summed E-state index contributed by atoms with van der Waals surface area (Å²) < 4.78 is 5.29. The second kappa shape index (κ2) is 5.53. The van der Waals surface area contributed by atoms with E-state index in [0.29, 0.717) is 0 Å². The summed E-state index contributed by atoms with van der Waals surface area (Å²) in [5, 5.41) is 0. The highest BCUT2D eigenvalue weighted by atomic mass is 16.5. The summed E-state index contributed by atoms with van der Waals surface area (Å²) >= 11 is 0. The van der Waals surface area contributed by atoms with Gasteiger partial charge in [-0.05, 0) is 18.6 Å². The summed E-state index contributed by atoms with van der Waals surface area (Å²) in [4.78, 5) is 2.20. The molecule has 0 fully saturated rings. The van der Waals surface area contributed by atoms with Crippen molar-refractivity contribution < 1.29 is 4.74 Å². The van der Waals surface area contributed by atoms with Gasteiger partial charge in [0, 0.05) is 13.6 Å². The molecule has 0 atom stereocenters. The standard InChI is InChI=1S/C12H18NO/c1-4-5-10-13(2)11-8-6-7-9-12(11)14-3/h6-9H,1,4-5,10H2,2-3H3. The SMILES string of the molecule is [CH2]CCCN(C)c1ccccc1OC. The second-order valence-electron chi connectivity index (χ2n) is 3.30. The molecule has 0 aliphatic rings. The number of hydrogen-bond acceptors (Lipinski definition) is 2. The molecule has 0 N–H and O–H groups in total. The van der Waals surface area contributed by atoms with E-state index in [0.717, 1.165) is 30.8 Å². The Morgan fingerprint density at radius 1 is 1.36 bits per heavy atom. The molecular weight excluding hydrogens is 174 g/mol. The third-order valence-corrected chi connectivity index (χ3v) is 2.24. The highest BCUT2D eigenvalue weighted by Crippen LogP contribution is 2.26. The molecule has 2 nitrogen and oxygen atoms in total. The summed E-state index contributed by atoms with van der Waals surface area (Å²) in [5.74, 6) is 0.930. The first-order chi connectivity index (χ1) is 6.79. The van der Waals surface area contributed by atoms with E-state index in [1.165, 1.54) is 0 Å². The lowest BCUT2D eigenvalue weighted by atomic mass is 10.2. The summed E-state index contributed by atoms with van der Waals surface area (Å²) in [6.45, 7) is 4.85. The molecule has 0 bridgehead atoms. The maximum atomic E-state index is 5.29. The Balaban J connectivity index is 2.72. The minimum Gasteiger partial charge on any atom is -0.495 e. The summed E-state index contributed by atoms with van der Waals surface area (Å²) in [6.07, 6.45) is 2.08. The number of para-hydroxylation sites is 2. The van der Waals surface area contributed by atoms with Crippen LogP contribution >= 0.6 is 0 Å². The Kier molecular flexibility index (Phi) is 4.30. The van der Waals surface area contributed by atoms with Crippen molar-refractivity contribution in [1.29, 1.82) is 0 Å². The molecule has 0 aromatic heterocycles. The molecule has 0 aliphatic carbocycles. The number of benzene rings is 1. The fraction of sp³-hybridized carbons (Fsp3) is 0.417. The van der Waals surface area contributed by atoms with Crippen LogP contribution in [0.25, 0.3) is 0 Å². The molecule has 0 spiro atoms. The number of nitrogens with zero attached hydrogens (tertiary/aromatic N) is 1. The van der Waals surface area contributed by atoms with Crippen LogP contribution in [-0.2, 0) is 0 Å². The average molecular weight is 192 g/mol. The maximum Gasteiger partial charge on any atom is 0.142 e. The third-order valence-electron chi connectivity index (χ3n) is 2.24. The topological polar surface area (TPSA) is 12.5 Å². The van der Waals surface area contributed by atoms with E-state index in [1.54, 1.807) is 7.11 Å². The van der Waals surface area contributed by atoms with E-state index >= 15 is 0 Å². The van der Waals surface area contributed by atoms with Crippen molar-refractivity contribution in [3.05, 3.63) is 31.2 Å². The molecule has 2 heteroatoms. The van der Waals surface area contributed by atoms with Crippen LogP contribution in [0.5, 0.6) is 5.75 Å². The summed E-state index contributed by atoms with van der Waals surface area (Å²) in [6, 6.07) is 8.06. The monoisotopic (exact) mass is 192 g/mol. The molecule has 14 heavy (non-hydrogen) atoms. The van der Waals surface area contributed by atoms with Crippen molar-refractivity contribution in [2.75, 3.05) is 25.6 Å².